The molecule has 0 radical (unpaired) electrons. The fourth-order valence-corrected chi connectivity index (χ4v) is 1.61. The zero-order chi connectivity index (χ0) is 8.27. The molecule has 0 fully saturated rings. The van der Waals surface area contributed by atoms with Crippen LogP contribution in [0.4, 0.5) is 0 Å². The van der Waals surface area contributed by atoms with Crippen LogP contribution in [-0.2, 0) is 6.54 Å². The highest BCUT2D eigenvalue weighted by molar-refractivity contribution is 8.00. The lowest BCUT2D eigenvalue weighted by molar-refractivity contribution is 0.661. The molecule has 4 nitrogen and oxygen atoms in total. The van der Waals surface area contributed by atoms with E-state index in [0.717, 1.165) is 0 Å². The first-order valence-corrected chi connectivity index (χ1v) is 4.65. The van der Waals surface area contributed by atoms with E-state index in [4.69, 9.17) is 11.6 Å². The van der Waals surface area contributed by atoms with E-state index in [9.17, 15) is 4.79 Å². The number of alkyl halides is 1. The largest absolute Gasteiger partial charge is 0.343 e. The van der Waals surface area contributed by atoms with Crippen molar-refractivity contribution in [1.82, 2.24) is 14.8 Å². The molecule has 0 amide bonds. The molecule has 0 unspecified atom stereocenters. The van der Waals surface area contributed by atoms with Crippen LogP contribution in [0.25, 0.3) is 0 Å². The van der Waals surface area contributed by atoms with E-state index in [1.807, 2.05) is 6.92 Å². The molecular formula is C5H8ClN3OS. The molecule has 0 bridgehead atoms. The molecule has 0 saturated heterocycles. The van der Waals surface area contributed by atoms with Gasteiger partial charge in [0.05, 0.1) is 5.21 Å². The Bertz CT molecular complexity index is 282. The van der Waals surface area contributed by atoms with Gasteiger partial charge in [0.15, 0.2) is 5.16 Å². The van der Waals surface area contributed by atoms with E-state index in [2.05, 4.69) is 10.2 Å². The summed E-state index contributed by atoms with van der Waals surface area (Å²) < 4.78 is 1.53. The first kappa shape index (κ1) is 8.67. The van der Waals surface area contributed by atoms with Gasteiger partial charge in [-0.05, 0) is 6.92 Å². The standard InChI is InChI=1S/C5H8ClN3OS/c1-2-9-4(10)7-8-5(9)11-3-6/h2-3H2,1H3,(H,7,10). The number of nitrogens with zero attached hydrogens (tertiary/aromatic N) is 2. The first-order chi connectivity index (χ1) is 5.29. The Balaban J connectivity index is 2.96. The molecule has 0 aliphatic rings. The summed E-state index contributed by atoms with van der Waals surface area (Å²) in [5.41, 5.74) is -0.180. The molecule has 1 heterocycles. The Kier molecular flexibility index (Phi) is 3.02. The molecular weight excluding hydrogens is 186 g/mol. The maximum atomic E-state index is 10.9. The minimum atomic E-state index is -0.180. The predicted octanol–water partition coefficient (Wildman–Crippen LogP) is 0.880. The van der Waals surface area contributed by atoms with Crippen molar-refractivity contribution in [2.75, 3.05) is 5.21 Å². The molecule has 0 aromatic carbocycles. The van der Waals surface area contributed by atoms with Gasteiger partial charge in [0.25, 0.3) is 0 Å². The monoisotopic (exact) mass is 193 g/mol. The number of nitrogens with one attached hydrogen (secondary N) is 1. The molecule has 0 atom stereocenters. The average molecular weight is 194 g/mol. The maximum Gasteiger partial charge on any atom is 0.343 e. The number of rotatable bonds is 3. The summed E-state index contributed by atoms with van der Waals surface area (Å²) in [5.74, 6) is 0. The molecule has 6 heteroatoms. The van der Waals surface area contributed by atoms with E-state index >= 15 is 0 Å². The van der Waals surface area contributed by atoms with Crippen molar-refractivity contribution < 1.29 is 0 Å². The summed E-state index contributed by atoms with van der Waals surface area (Å²) in [6, 6.07) is 0. The average Bonchev–Trinajstić information content (AvgIpc) is 2.33. The second-order valence-electron chi connectivity index (χ2n) is 1.81. The summed E-state index contributed by atoms with van der Waals surface area (Å²) in [6.45, 7) is 2.50. The highest BCUT2D eigenvalue weighted by Crippen LogP contribution is 2.13. The number of hydrogen-bond acceptors (Lipinski definition) is 3. The predicted molar refractivity (Wildman–Crippen MR) is 45.1 cm³/mol. The second-order valence-corrected chi connectivity index (χ2v) is 3.34. The maximum absolute atomic E-state index is 10.9. The summed E-state index contributed by atoms with van der Waals surface area (Å²) in [5, 5.41) is 7.18. The van der Waals surface area contributed by atoms with Gasteiger partial charge in [-0.3, -0.25) is 4.57 Å². The minimum Gasteiger partial charge on any atom is -0.270 e. The number of aromatic amines is 1. The van der Waals surface area contributed by atoms with Crippen molar-refractivity contribution in [2.24, 2.45) is 0 Å². The Morgan fingerprint density at radius 2 is 2.55 bits per heavy atom. The van der Waals surface area contributed by atoms with Gasteiger partial charge in [-0.2, -0.15) is 0 Å². The van der Waals surface area contributed by atoms with Crippen LogP contribution in [-0.4, -0.2) is 20.0 Å². The van der Waals surface area contributed by atoms with E-state index in [-0.39, 0.29) is 5.69 Å². The van der Waals surface area contributed by atoms with Gasteiger partial charge in [-0.1, -0.05) is 11.8 Å². The van der Waals surface area contributed by atoms with Crippen molar-refractivity contribution in [3.8, 4) is 0 Å². The number of thioether (sulfide) groups is 1. The number of hydrogen-bond donors (Lipinski definition) is 1. The van der Waals surface area contributed by atoms with Crippen LogP contribution >= 0.6 is 23.4 Å². The lowest BCUT2D eigenvalue weighted by Crippen LogP contribution is -2.15. The number of H-pyrrole nitrogens is 1. The summed E-state index contributed by atoms with van der Waals surface area (Å²) in [4.78, 5) is 10.9. The van der Waals surface area contributed by atoms with Crippen LogP contribution in [0.3, 0.4) is 0 Å². The van der Waals surface area contributed by atoms with Gasteiger partial charge in [-0.15, -0.1) is 16.7 Å². The van der Waals surface area contributed by atoms with Crippen molar-refractivity contribution in [3.63, 3.8) is 0 Å². The van der Waals surface area contributed by atoms with Crippen molar-refractivity contribution in [1.29, 1.82) is 0 Å². The second kappa shape index (κ2) is 3.82. The first-order valence-electron chi connectivity index (χ1n) is 3.13. The normalized spacial score (nSPS) is 10.4. The summed E-state index contributed by atoms with van der Waals surface area (Å²) in [7, 11) is 0. The third-order valence-corrected chi connectivity index (χ3v) is 2.23. The fourth-order valence-electron chi connectivity index (χ4n) is 0.741. The fraction of sp³-hybridized carbons (Fsp3) is 0.600. The minimum absolute atomic E-state index is 0.180. The molecule has 0 saturated carbocycles. The third kappa shape index (κ3) is 1.78. The summed E-state index contributed by atoms with van der Waals surface area (Å²) in [6.07, 6.45) is 0. The molecule has 0 aliphatic carbocycles. The zero-order valence-electron chi connectivity index (χ0n) is 6.00. The van der Waals surface area contributed by atoms with Crippen LogP contribution in [0.5, 0.6) is 0 Å². The summed E-state index contributed by atoms with van der Waals surface area (Å²) >= 11 is 6.80. The van der Waals surface area contributed by atoms with E-state index in [0.29, 0.717) is 16.9 Å². The molecule has 1 rings (SSSR count). The van der Waals surface area contributed by atoms with Crippen LogP contribution in [0.1, 0.15) is 6.92 Å². The van der Waals surface area contributed by atoms with Gasteiger partial charge in [0.2, 0.25) is 0 Å². The van der Waals surface area contributed by atoms with E-state index < -0.39 is 0 Å². The Labute approximate surface area is 72.9 Å². The van der Waals surface area contributed by atoms with Gasteiger partial charge < -0.3 is 0 Å². The number of halogens is 1. The smallest absolute Gasteiger partial charge is 0.270 e. The van der Waals surface area contributed by atoms with Crippen LogP contribution in [0, 0.1) is 0 Å². The van der Waals surface area contributed by atoms with Crippen molar-refractivity contribution in [3.05, 3.63) is 10.5 Å². The molecule has 11 heavy (non-hydrogen) atoms. The van der Waals surface area contributed by atoms with E-state index in [1.165, 1.54) is 16.3 Å². The van der Waals surface area contributed by atoms with E-state index in [1.54, 1.807) is 0 Å². The molecule has 0 aliphatic heterocycles. The van der Waals surface area contributed by atoms with Crippen LogP contribution < -0.4 is 5.69 Å². The van der Waals surface area contributed by atoms with Crippen LogP contribution in [0.2, 0.25) is 0 Å². The Hall–Kier alpha value is -0.420. The Morgan fingerprint density at radius 3 is 3.09 bits per heavy atom. The van der Waals surface area contributed by atoms with Crippen molar-refractivity contribution >= 4 is 23.4 Å². The SMILES string of the molecule is CCn1c(SCCl)n[nH]c1=O. The molecule has 0 spiro atoms. The molecule has 62 valence electrons. The van der Waals surface area contributed by atoms with Gasteiger partial charge in [0, 0.05) is 6.54 Å². The van der Waals surface area contributed by atoms with Gasteiger partial charge >= 0.3 is 5.69 Å². The highest BCUT2D eigenvalue weighted by atomic mass is 35.5. The third-order valence-electron chi connectivity index (χ3n) is 1.22. The lowest BCUT2D eigenvalue weighted by atomic mass is 10.7. The van der Waals surface area contributed by atoms with Gasteiger partial charge in [-0.25, -0.2) is 9.89 Å². The lowest BCUT2D eigenvalue weighted by Gasteiger charge is -1.96. The van der Waals surface area contributed by atoms with Gasteiger partial charge in [0.1, 0.15) is 0 Å². The molecule has 1 aromatic heterocycles. The highest BCUT2D eigenvalue weighted by Gasteiger charge is 2.04. The quantitative estimate of drug-likeness (QED) is 0.573. The molecule has 1 N–H and O–H groups in total. The molecule has 1 aromatic rings. The van der Waals surface area contributed by atoms with Crippen molar-refractivity contribution in [2.45, 2.75) is 18.6 Å². The zero-order valence-corrected chi connectivity index (χ0v) is 7.58. The Morgan fingerprint density at radius 1 is 1.82 bits per heavy atom. The van der Waals surface area contributed by atoms with Crippen LogP contribution in [0.15, 0.2) is 9.95 Å². The number of aromatic nitrogens is 3. The topological polar surface area (TPSA) is 50.7 Å².